The quantitative estimate of drug-likeness (QED) is 0.640. The van der Waals surface area contributed by atoms with Crippen molar-refractivity contribution in [3.05, 3.63) is 0 Å². The smallest absolute Gasteiger partial charge is 0.00464 e. The van der Waals surface area contributed by atoms with Crippen LogP contribution in [0.3, 0.4) is 0 Å². The van der Waals surface area contributed by atoms with Gasteiger partial charge >= 0.3 is 0 Å². The summed E-state index contributed by atoms with van der Waals surface area (Å²) < 4.78 is 0. The second-order valence-corrected chi connectivity index (χ2v) is 3.14. The van der Waals surface area contributed by atoms with E-state index in [4.69, 9.17) is 0 Å². The van der Waals surface area contributed by atoms with Crippen molar-refractivity contribution in [3.63, 3.8) is 0 Å². The maximum Gasteiger partial charge on any atom is -0.00464 e. The molecule has 1 aliphatic heterocycles. The Hall–Kier alpha value is 0.310. The summed E-state index contributed by atoms with van der Waals surface area (Å²) in [6.07, 6.45) is 4.00. The lowest BCUT2D eigenvalue weighted by Gasteiger charge is -2.17. The third kappa shape index (κ3) is 18.9. The summed E-state index contributed by atoms with van der Waals surface area (Å²) in [6, 6.07) is 0. The zero-order valence-corrected chi connectivity index (χ0v) is 11.1. The highest BCUT2D eigenvalue weighted by molar-refractivity contribution is 7.59. The second-order valence-electron chi connectivity index (χ2n) is 3.14. The van der Waals surface area contributed by atoms with E-state index in [1.54, 1.807) is 0 Å². The van der Waals surface area contributed by atoms with E-state index in [2.05, 4.69) is 26.1 Å². The number of hydrogen-bond acceptors (Lipinski definition) is 1. The minimum atomic E-state index is 0. The van der Waals surface area contributed by atoms with Gasteiger partial charge in [0.1, 0.15) is 0 Å². The summed E-state index contributed by atoms with van der Waals surface area (Å²) in [5.41, 5.74) is 0. The molecule has 13 heavy (non-hydrogen) atoms. The van der Waals surface area contributed by atoms with Crippen LogP contribution < -0.4 is 5.32 Å². The molecule has 1 fully saturated rings. The van der Waals surface area contributed by atoms with E-state index in [1.807, 2.05) is 13.8 Å². The third-order valence-corrected chi connectivity index (χ3v) is 1.63. The Morgan fingerprint density at radius 3 is 1.54 bits per heavy atom. The van der Waals surface area contributed by atoms with Crippen LogP contribution in [0.1, 0.15) is 53.9 Å². The molecule has 0 radical (unpaired) electrons. The number of rotatable bonds is 0. The fourth-order valence-corrected chi connectivity index (χ4v) is 0.966. The summed E-state index contributed by atoms with van der Waals surface area (Å²) in [4.78, 5) is 0. The van der Waals surface area contributed by atoms with Crippen molar-refractivity contribution in [2.45, 2.75) is 53.9 Å². The maximum absolute atomic E-state index is 3.32. The summed E-state index contributed by atoms with van der Waals surface area (Å²) >= 11 is 0. The van der Waals surface area contributed by atoms with E-state index in [1.165, 1.54) is 32.4 Å². The molecule has 1 nitrogen and oxygen atoms in total. The molecule has 0 amide bonds. The van der Waals surface area contributed by atoms with Crippen LogP contribution in [0, 0.1) is 5.92 Å². The lowest BCUT2D eigenvalue weighted by Crippen LogP contribution is -2.26. The highest BCUT2D eigenvalue weighted by atomic mass is 32.1. The van der Waals surface area contributed by atoms with Crippen LogP contribution >= 0.6 is 13.5 Å². The molecule has 1 aliphatic rings. The van der Waals surface area contributed by atoms with Gasteiger partial charge in [-0.25, -0.2) is 0 Å². The first-order valence-electron chi connectivity index (χ1n) is 5.52. The van der Waals surface area contributed by atoms with E-state index < -0.39 is 0 Å². The Kier molecular flexibility index (Phi) is 26.5. The molecule has 1 heterocycles. The monoisotopic (exact) mass is 207 g/mol. The Balaban J connectivity index is -0.000000146. The minimum absolute atomic E-state index is 0. The minimum Gasteiger partial charge on any atom is -0.317 e. The van der Waals surface area contributed by atoms with Crippen molar-refractivity contribution >= 4 is 13.5 Å². The summed E-state index contributed by atoms with van der Waals surface area (Å²) in [6.45, 7) is 13.0. The second kappa shape index (κ2) is 18.2. The predicted molar refractivity (Wildman–Crippen MR) is 69.0 cm³/mol. The molecule has 0 spiro atoms. The molecule has 0 bridgehead atoms. The Labute approximate surface area is 92.1 Å². The zero-order chi connectivity index (χ0) is 9.82. The fourth-order valence-electron chi connectivity index (χ4n) is 0.966. The molecule has 0 saturated carbocycles. The van der Waals surface area contributed by atoms with E-state index >= 15 is 0 Å². The van der Waals surface area contributed by atoms with Gasteiger partial charge in [-0.2, -0.15) is 13.5 Å². The average molecular weight is 207 g/mol. The Bertz CT molecular complexity index is 61.1. The molecular formula is C11H29NS. The first-order valence-corrected chi connectivity index (χ1v) is 5.52. The third-order valence-electron chi connectivity index (χ3n) is 1.63. The molecule has 1 saturated heterocycles. The normalized spacial score (nSPS) is 15.5. The molecule has 2 heteroatoms. The van der Waals surface area contributed by atoms with Crippen molar-refractivity contribution in [2.75, 3.05) is 13.1 Å². The van der Waals surface area contributed by atoms with Gasteiger partial charge in [-0.05, 0) is 31.8 Å². The molecule has 0 aromatic carbocycles. The molecule has 0 aromatic heterocycles. The zero-order valence-electron chi connectivity index (χ0n) is 10.1. The van der Waals surface area contributed by atoms with E-state index in [-0.39, 0.29) is 13.5 Å². The van der Waals surface area contributed by atoms with Gasteiger partial charge in [0, 0.05) is 0 Å². The number of hydrogen-bond donors (Lipinski definition) is 1. The number of piperidine rings is 1. The van der Waals surface area contributed by atoms with Gasteiger partial charge in [0.2, 0.25) is 0 Å². The molecular weight excluding hydrogens is 178 g/mol. The van der Waals surface area contributed by atoms with Crippen molar-refractivity contribution in [3.8, 4) is 0 Å². The van der Waals surface area contributed by atoms with Crippen LogP contribution in [0.25, 0.3) is 0 Å². The number of nitrogens with one attached hydrogen (secondary N) is 1. The Morgan fingerprint density at radius 1 is 1.08 bits per heavy atom. The summed E-state index contributed by atoms with van der Waals surface area (Å²) in [5.74, 6) is 0.973. The van der Waals surface area contributed by atoms with Gasteiger partial charge in [0.25, 0.3) is 0 Å². The molecule has 0 unspecified atom stereocenters. The first kappa shape index (κ1) is 19.0. The lowest BCUT2D eigenvalue weighted by molar-refractivity contribution is 0.402. The van der Waals surface area contributed by atoms with Gasteiger partial charge < -0.3 is 5.32 Å². The predicted octanol–water partition coefficient (Wildman–Crippen LogP) is 3.56. The average Bonchev–Trinajstić information content (AvgIpc) is 2.11. The molecule has 1 N–H and O–H groups in total. The SMILES string of the molecule is CC.CC1CCNCC1.CCC.S. The Morgan fingerprint density at radius 2 is 1.38 bits per heavy atom. The van der Waals surface area contributed by atoms with Crippen molar-refractivity contribution in [2.24, 2.45) is 5.92 Å². The molecule has 0 aliphatic carbocycles. The van der Waals surface area contributed by atoms with Gasteiger partial charge in [-0.15, -0.1) is 0 Å². The van der Waals surface area contributed by atoms with Crippen LogP contribution in [0.2, 0.25) is 0 Å². The van der Waals surface area contributed by atoms with Crippen LogP contribution in [0.5, 0.6) is 0 Å². The highest BCUT2D eigenvalue weighted by Crippen LogP contribution is 2.08. The van der Waals surface area contributed by atoms with Crippen molar-refractivity contribution in [1.82, 2.24) is 5.32 Å². The van der Waals surface area contributed by atoms with Gasteiger partial charge in [-0.1, -0.05) is 41.0 Å². The van der Waals surface area contributed by atoms with Gasteiger partial charge in [-0.3, -0.25) is 0 Å². The largest absolute Gasteiger partial charge is 0.317 e. The maximum atomic E-state index is 3.32. The van der Waals surface area contributed by atoms with Gasteiger partial charge in [0.15, 0.2) is 0 Å². The van der Waals surface area contributed by atoms with E-state index in [0.29, 0.717) is 0 Å². The van der Waals surface area contributed by atoms with Crippen molar-refractivity contribution in [1.29, 1.82) is 0 Å². The fraction of sp³-hybridized carbons (Fsp3) is 1.00. The molecule has 0 atom stereocenters. The molecule has 0 aromatic rings. The topological polar surface area (TPSA) is 12.0 Å². The van der Waals surface area contributed by atoms with Crippen molar-refractivity contribution < 1.29 is 0 Å². The summed E-state index contributed by atoms with van der Waals surface area (Å²) in [7, 11) is 0. The van der Waals surface area contributed by atoms with Crippen LogP contribution in [-0.4, -0.2) is 13.1 Å². The van der Waals surface area contributed by atoms with Gasteiger partial charge in [0.05, 0.1) is 0 Å². The lowest BCUT2D eigenvalue weighted by atomic mass is 10.0. The first-order chi connectivity index (χ1) is 5.81. The highest BCUT2D eigenvalue weighted by Gasteiger charge is 2.04. The molecule has 84 valence electrons. The van der Waals surface area contributed by atoms with Crippen LogP contribution in [0.15, 0.2) is 0 Å². The van der Waals surface area contributed by atoms with E-state index in [9.17, 15) is 0 Å². The molecule has 1 rings (SSSR count). The summed E-state index contributed by atoms with van der Waals surface area (Å²) in [5, 5.41) is 3.32. The standard InChI is InChI=1S/C6H13N.C3H8.C2H6.H2S/c1-6-2-4-7-5-3-6;1-3-2;1-2;/h6-7H,2-5H2,1H3;3H2,1-2H3;1-2H3;1H2. The van der Waals surface area contributed by atoms with Crippen LogP contribution in [0.4, 0.5) is 0 Å². The van der Waals surface area contributed by atoms with Crippen LogP contribution in [-0.2, 0) is 0 Å². The van der Waals surface area contributed by atoms with E-state index in [0.717, 1.165) is 5.92 Å².